The fourth-order valence-corrected chi connectivity index (χ4v) is 6.98. The number of cyclic esters (lactones) is 1. The molecule has 6 aromatic carbocycles. The molecule has 0 bridgehead atoms. The zero-order valence-electron chi connectivity index (χ0n) is 45.5. The van der Waals surface area contributed by atoms with Crippen molar-refractivity contribution in [2.75, 3.05) is 61.8 Å². The Kier molecular flexibility index (Phi) is 25.1. The summed E-state index contributed by atoms with van der Waals surface area (Å²) in [6.45, 7) is 9.84. The number of anilines is 6. The molecule has 2 aliphatic rings. The van der Waals surface area contributed by atoms with Gasteiger partial charge < -0.3 is 72.7 Å². The molecule has 0 fully saturated rings. The molecule has 0 radical (unpaired) electrons. The number of benzene rings is 6. The molecule has 82 heavy (non-hydrogen) atoms. The standard InChI is InChI=1S/C10H14N2O3.C10H11NO3.C9H12N2O3.C9H9NO3.2C8H10N2O3/c1-6(2)15-9-4-3-7(11)5-8(9)10(13)12-14;1-10(2)13-8-4-3-6(11)5-7(8)9(12)14-10;1-2-14-8-4-3-6(10)5-7(8)9(12)11-13;10-6-3-5-1-2-13-8(5)7(4-6)9(11)12;1-13-7-3-2-5(9)4-6(7)8(11)10-12;1-13-7-4-5(9)2-3-6(7)8(11)10-12/h3-6,14H,11H2,1-2H3,(H,12,13);3-5H,11H2,1-2H3;3-5,13H,2,10H2,1H3,(H,11,12);3-4H,1-2,10H2,(H,11,12);2*2-4,12H,9H2,1H3,(H,10,11). The van der Waals surface area contributed by atoms with Crippen LogP contribution < -0.4 is 84.7 Å². The SMILES string of the molecule is CC(C)Oc1ccc(N)cc1C(=O)NO.CC1(C)OC(=O)c2cc(N)ccc2O1.CCOc1ccc(N)cc1C(=O)NO.COc1cc(N)ccc1C(=O)NO.COc1ccc(N)cc1C(=O)NO.Nc1cc2c(c(C(=O)O)c1)OCC2. The molecule has 8 rings (SSSR count). The summed E-state index contributed by atoms with van der Waals surface area (Å²) < 4.78 is 36.1. The van der Waals surface area contributed by atoms with Crippen LogP contribution in [0, 0.1) is 0 Å². The van der Waals surface area contributed by atoms with Crippen LogP contribution in [0.25, 0.3) is 0 Å². The lowest BCUT2D eigenvalue weighted by Crippen LogP contribution is -2.38. The van der Waals surface area contributed by atoms with Crippen molar-refractivity contribution in [2.45, 2.75) is 52.9 Å². The van der Waals surface area contributed by atoms with E-state index in [-0.39, 0.29) is 33.9 Å². The zero-order chi connectivity index (χ0) is 61.4. The first kappa shape index (κ1) is 65.9. The third kappa shape index (κ3) is 19.5. The van der Waals surface area contributed by atoms with Gasteiger partial charge in [-0.05, 0) is 118 Å². The molecule has 0 saturated carbocycles. The molecule has 0 unspecified atom stereocenters. The molecule has 0 saturated heterocycles. The molecule has 0 aliphatic carbocycles. The van der Waals surface area contributed by atoms with E-state index in [1.165, 1.54) is 67.1 Å². The predicted molar refractivity (Wildman–Crippen MR) is 298 cm³/mol. The van der Waals surface area contributed by atoms with Crippen molar-refractivity contribution in [3.05, 3.63) is 142 Å². The Morgan fingerprint density at radius 3 is 1.50 bits per heavy atom. The maximum Gasteiger partial charge on any atom is 0.345 e. The number of amides is 4. The number of rotatable bonds is 11. The number of esters is 1. The number of carbonyl (C=O) groups is 6. The Hall–Kier alpha value is -10.4. The highest BCUT2D eigenvalue weighted by Gasteiger charge is 2.33. The van der Waals surface area contributed by atoms with Gasteiger partial charge in [-0.25, -0.2) is 31.5 Å². The van der Waals surface area contributed by atoms with Crippen LogP contribution in [0.2, 0.25) is 0 Å². The minimum absolute atomic E-state index is 0.0566. The molecule has 28 heteroatoms. The van der Waals surface area contributed by atoms with E-state index in [4.69, 9.17) is 93.5 Å². The van der Waals surface area contributed by atoms with E-state index >= 15 is 0 Å². The van der Waals surface area contributed by atoms with Crippen LogP contribution in [-0.4, -0.2) is 101 Å². The number of carboxylic acids is 1. The lowest BCUT2D eigenvalue weighted by atomic mass is 10.1. The Morgan fingerprint density at radius 1 is 0.561 bits per heavy atom. The van der Waals surface area contributed by atoms with Gasteiger partial charge in [-0.3, -0.25) is 40.0 Å². The van der Waals surface area contributed by atoms with E-state index in [0.29, 0.717) is 87.4 Å². The average Bonchev–Trinajstić information content (AvgIpc) is 3.92. The molecule has 2 heterocycles. The van der Waals surface area contributed by atoms with E-state index in [0.717, 1.165) is 12.0 Å². The van der Waals surface area contributed by atoms with Gasteiger partial charge in [-0.2, -0.15) is 0 Å². The highest BCUT2D eigenvalue weighted by atomic mass is 16.7. The normalized spacial score (nSPS) is 11.7. The summed E-state index contributed by atoms with van der Waals surface area (Å²) in [7, 11) is 2.85. The second kappa shape index (κ2) is 31.2. The largest absolute Gasteiger partial charge is 0.496 e. The number of nitrogen functional groups attached to an aromatic ring is 6. The maximum absolute atomic E-state index is 11.5. The molecular weight excluding hydrogens is 1080 g/mol. The number of aromatic carboxylic acids is 1. The number of methoxy groups -OCH3 is 2. The van der Waals surface area contributed by atoms with Crippen LogP contribution in [0.4, 0.5) is 34.1 Å². The summed E-state index contributed by atoms with van der Waals surface area (Å²) in [5.41, 5.74) is 44.2. The zero-order valence-corrected chi connectivity index (χ0v) is 45.5. The van der Waals surface area contributed by atoms with Crippen LogP contribution in [0.15, 0.2) is 103 Å². The van der Waals surface area contributed by atoms with Crippen molar-refractivity contribution >= 4 is 69.7 Å². The van der Waals surface area contributed by atoms with E-state index in [9.17, 15) is 28.8 Å². The van der Waals surface area contributed by atoms with Crippen LogP contribution in [0.5, 0.6) is 34.5 Å². The van der Waals surface area contributed by atoms with Crippen molar-refractivity contribution in [1.29, 1.82) is 0 Å². The quantitative estimate of drug-likeness (QED) is 0.0342. The molecule has 440 valence electrons. The van der Waals surface area contributed by atoms with Crippen molar-refractivity contribution in [3.8, 4) is 34.5 Å². The number of fused-ring (bicyclic) bond motifs is 2. The van der Waals surface area contributed by atoms with Gasteiger partial charge >= 0.3 is 11.9 Å². The monoisotopic (exact) mass is 1140 g/mol. The highest BCUT2D eigenvalue weighted by molar-refractivity contribution is 5.99. The van der Waals surface area contributed by atoms with Crippen LogP contribution in [0.3, 0.4) is 0 Å². The topological polar surface area (TPSA) is 472 Å². The minimum Gasteiger partial charge on any atom is -0.496 e. The first-order valence-corrected chi connectivity index (χ1v) is 24.1. The third-order valence-electron chi connectivity index (χ3n) is 10.5. The maximum atomic E-state index is 11.5. The van der Waals surface area contributed by atoms with Gasteiger partial charge in [0.15, 0.2) is 0 Å². The Balaban J connectivity index is 0.000000258. The van der Waals surface area contributed by atoms with E-state index in [1.54, 1.807) is 93.0 Å². The fraction of sp³-hybridized carbons (Fsp3) is 0.222. The molecule has 6 aromatic rings. The summed E-state index contributed by atoms with van der Waals surface area (Å²) in [5.74, 6) is -2.39. The van der Waals surface area contributed by atoms with Gasteiger partial charge in [0.2, 0.25) is 5.79 Å². The summed E-state index contributed by atoms with van der Waals surface area (Å²) in [6, 6.07) is 26.5. The van der Waals surface area contributed by atoms with Gasteiger partial charge in [0.05, 0.1) is 55.8 Å². The van der Waals surface area contributed by atoms with Crippen molar-refractivity contribution < 1.29 is 87.9 Å². The summed E-state index contributed by atoms with van der Waals surface area (Å²) >= 11 is 0. The number of carboxylic acid groups (broad SMARTS) is 1. The molecule has 0 aromatic heterocycles. The first-order chi connectivity index (χ1) is 38.8. The number of nitrogens with two attached hydrogens (primary N) is 6. The van der Waals surface area contributed by atoms with Crippen molar-refractivity contribution in [1.82, 2.24) is 21.9 Å². The van der Waals surface area contributed by atoms with Crippen molar-refractivity contribution in [2.24, 2.45) is 0 Å². The van der Waals surface area contributed by atoms with Gasteiger partial charge in [0.25, 0.3) is 23.6 Å². The van der Waals surface area contributed by atoms with Crippen LogP contribution in [0.1, 0.15) is 102 Å². The summed E-state index contributed by atoms with van der Waals surface area (Å²) in [4.78, 5) is 66.8. The van der Waals surface area contributed by atoms with Gasteiger partial charge in [0.1, 0.15) is 45.6 Å². The molecule has 28 nitrogen and oxygen atoms in total. The molecule has 0 atom stereocenters. The van der Waals surface area contributed by atoms with Crippen LogP contribution >= 0.6 is 0 Å². The number of nitrogens with one attached hydrogen (secondary N) is 4. The predicted octanol–water partition coefficient (Wildman–Crippen LogP) is 5.21. The average molecular weight is 1140 g/mol. The second-order valence-electron chi connectivity index (χ2n) is 17.4. The fourth-order valence-electron chi connectivity index (χ4n) is 6.98. The molecular formula is C54H66N10O18. The molecule has 0 spiro atoms. The molecule has 4 amide bonds. The van der Waals surface area contributed by atoms with Gasteiger partial charge in [0, 0.05) is 66.0 Å². The molecule has 21 N–H and O–H groups in total. The molecule has 2 aliphatic heterocycles. The number of carbonyl (C=O) groups excluding carboxylic acids is 5. The summed E-state index contributed by atoms with van der Waals surface area (Å²) in [6.07, 6.45) is 0.680. The number of hydrogen-bond donors (Lipinski definition) is 15. The summed E-state index contributed by atoms with van der Waals surface area (Å²) in [5, 5.41) is 42.6. The lowest BCUT2D eigenvalue weighted by Gasteiger charge is -2.31. The first-order valence-electron chi connectivity index (χ1n) is 24.1. The van der Waals surface area contributed by atoms with E-state index in [2.05, 4.69) is 0 Å². The minimum atomic E-state index is -0.995. The Bertz CT molecular complexity index is 3210. The highest BCUT2D eigenvalue weighted by Crippen LogP contribution is 2.33. The van der Waals surface area contributed by atoms with Gasteiger partial charge in [-0.1, -0.05) is 0 Å². The van der Waals surface area contributed by atoms with Crippen LogP contribution in [-0.2, 0) is 11.2 Å². The Labute approximate surface area is 469 Å². The Morgan fingerprint density at radius 2 is 1.00 bits per heavy atom. The van der Waals surface area contributed by atoms with E-state index < -0.39 is 41.4 Å². The number of ether oxygens (including phenoxy) is 7. The lowest BCUT2D eigenvalue weighted by molar-refractivity contribution is -0.127. The smallest absolute Gasteiger partial charge is 0.345 e. The van der Waals surface area contributed by atoms with Crippen molar-refractivity contribution in [3.63, 3.8) is 0 Å². The third-order valence-corrected chi connectivity index (χ3v) is 10.5. The van der Waals surface area contributed by atoms with Gasteiger partial charge in [-0.15, -0.1) is 0 Å². The number of hydroxylamine groups is 4. The second-order valence-corrected chi connectivity index (χ2v) is 17.4. The van der Waals surface area contributed by atoms with E-state index in [1.807, 2.05) is 13.8 Å². The number of hydrogen-bond acceptors (Lipinski definition) is 23.